The van der Waals surface area contributed by atoms with E-state index in [0.29, 0.717) is 44.6 Å². The molecule has 1 aliphatic heterocycles. The predicted octanol–water partition coefficient (Wildman–Crippen LogP) is 2.02. The molecule has 1 fully saturated rings. The van der Waals surface area contributed by atoms with Gasteiger partial charge in [-0.1, -0.05) is 18.2 Å². The van der Waals surface area contributed by atoms with Gasteiger partial charge in [0.05, 0.1) is 0 Å². The Labute approximate surface area is 136 Å². The minimum absolute atomic E-state index is 0.0113. The Morgan fingerprint density at radius 1 is 1.13 bits per heavy atom. The fourth-order valence-corrected chi connectivity index (χ4v) is 2.60. The molecule has 126 valence electrons. The van der Waals surface area contributed by atoms with Crippen molar-refractivity contribution in [3.63, 3.8) is 0 Å². The van der Waals surface area contributed by atoms with Gasteiger partial charge in [-0.3, -0.25) is 4.79 Å². The molecule has 0 aliphatic carbocycles. The lowest BCUT2D eigenvalue weighted by molar-refractivity contribution is -0.132. The zero-order valence-corrected chi connectivity index (χ0v) is 13.7. The second-order valence-electron chi connectivity index (χ2n) is 6.06. The smallest absolute Gasteiger partial charge is 0.317 e. The van der Waals surface area contributed by atoms with Gasteiger partial charge in [-0.05, 0) is 31.9 Å². The van der Waals surface area contributed by atoms with Crippen molar-refractivity contribution in [3.05, 3.63) is 35.6 Å². The van der Waals surface area contributed by atoms with Crippen LogP contribution >= 0.6 is 0 Å². The van der Waals surface area contributed by atoms with Crippen LogP contribution in [0.3, 0.4) is 0 Å². The highest BCUT2D eigenvalue weighted by atomic mass is 19.1. The number of halogens is 1. The van der Waals surface area contributed by atoms with E-state index < -0.39 is 0 Å². The Bertz CT molecular complexity index is 555. The van der Waals surface area contributed by atoms with Crippen molar-refractivity contribution in [2.75, 3.05) is 26.2 Å². The van der Waals surface area contributed by atoms with Gasteiger partial charge < -0.3 is 15.1 Å². The van der Waals surface area contributed by atoms with Crippen LogP contribution < -0.4 is 5.32 Å². The number of rotatable bonds is 4. The number of benzene rings is 1. The molecule has 0 unspecified atom stereocenters. The molecule has 1 aromatic rings. The van der Waals surface area contributed by atoms with Crippen molar-refractivity contribution in [2.45, 2.75) is 32.7 Å². The van der Waals surface area contributed by atoms with Crippen molar-refractivity contribution in [2.24, 2.45) is 0 Å². The van der Waals surface area contributed by atoms with Gasteiger partial charge in [0.25, 0.3) is 0 Å². The second kappa shape index (κ2) is 7.94. The molecule has 1 heterocycles. The van der Waals surface area contributed by atoms with Crippen LogP contribution in [0.25, 0.3) is 0 Å². The Balaban J connectivity index is 1.77. The van der Waals surface area contributed by atoms with Gasteiger partial charge in [-0.25, -0.2) is 9.18 Å². The number of carbonyl (C=O) groups is 2. The molecule has 3 amide bonds. The molecule has 1 aliphatic rings. The number of aryl methyl sites for hydroxylation is 1. The summed E-state index contributed by atoms with van der Waals surface area (Å²) in [4.78, 5) is 27.6. The van der Waals surface area contributed by atoms with Crippen LogP contribution in [0, 0.1) is 5.82 Å². The van der Waals surface area contributed by atoms with Crippen LogP contribution in [0.1, 0.15) is 25.8 Å². The summed E-state index contributed by atoms with van der Waals surface area (Å²) in [5.41, 5.74) is 0.566. The fourth-order valence-electron chi connectivity index (χ4n) is 2.60. The maximum Gasteiger partial charge on any atom is 0.317 e. The van der Waals surface area contributed by atoms with Gasteiger partial charge in [0.15, 0.2) is 0 Å². The first-order valence-corrected chi connectivity index (χ1v) is 8.04. The van der Waals surface area contributed by atoms with Gasteiger partial charge in [-0.2, -0.15) is 0 Å². The Morgan fingerprint density at radius 2 is 1.74 bits per heavy atom. The molecule has 5 nitrogen and oxygen atoms in total. The monoisotopic (exact) mass is 321 g/mol. The number of amides is 3. The first kappa shape index (κ1) is 17.2. The van der Waals surface area contributed by atoms with E-state index in [4.69, 9.17) is 0 Å². The molecular formula is C17H24FN3O2. The van der Waals surface area contributed by atoms with Gasteiger partial charge in [0.1, 0.15) is 5.82 Å². The second-order valence-corrected chi connectivity index (χ2v) is 6.06. The average molecular weight is 321 g/mol. The number of piperazine rings is 1. The van der Waals surface area contributed by atoms with Gasteiger partial charge in [-0.15, -0.1) is 0 Å². The summed E-state index contributed by atoms with van der Waals surface area (Å²) in [5.74, 6) is -0.257. The third-order valence-corrected chi connectivity index (χ3v) is 3.90. The van der Waals surface area contributed by atoms with E-state index in [0.717, 1.165) is 0 Å². The van der Waals surface area contributed by atoms with E-state index >= 15 is 0 Å². The lowest BCUT2D eigenvalue weighted by Gasteiger charge is -2.35. The zero-order chi connectivity index (χ0) is 16.8. The molecule has 0 spiro atoms. The molecule has 6 heteroatoms. The first-order chi connectivity index (χ1) is 11.0. The molecule has 23 heavy (non-hydrogen) atoms. The van der Waals surface area contributed by atoms with Crippen molar-refractivity contribution < 1.29 is 14.0 Å². The molecule has 2 rings (SSSR count). The average Bonchev–Trinajstić information content (AvgIpc) is 2.53. The van der Waals surface area contributed by atoms with Crippen LogP contribution in [0.4, 0.5) is 9.18 Å². The lowest BCUT2D eigenvalue weighted by Crippen LogP contribution is -2.54. The summed E-state index contributed by atoms with van der Waals surface area (Å²) in [6.45, 7) is 5.96. The quantitative estimate of drug-likeness (QED) is 0.922. The van der Waals surface area contributed by atoms with Crippen molar-refractivity contribution in [1.29, 1.82) is 0 Å². The van der Waals surface area contributed by atoms with E-state index in [1.807, 2.05) is 13.8 Å². The molecule has 0 saturated carbocycles. The lowest BCUT2D eigenvalue weighted by atomic mass is 10.1. The molecule has 1 saturated heterocycles. The minimum Gasteiger partial charge on any atom is -0.339 e. The highest BCUT2D eigenvalue weighted by Crippen LogP contribution is 2.11. The van der Waals surface area contributed by atoms with E-state index in [9.17, 15) is 14.0 Å². The third-order valence-electron chi connectivity index (χ3n) is 3.90. The van der Waals surface area contributed by atoms with E-state index in [-0.39, 0.29) is 23.8 Å². The van der Waals surface area contributed by atoms with Crippen LogP contribution in [0.5, 0.6) is 0 Å². The standard InChI is InChI=1S/C17H24FN3O2/c1-13(2)19-17(23)21-11-9-20(10-12-21)16(22)8-7-14-5-3-4-6-15(14)18/h3-6,13H,7-12H2,1-2H3,(H,19,23). The Morgan fingerprint density at radius 3 is 2.35 bits per heavy atom. The Kier molecular flexibility index (Phi) is 5.96. The van der Waals surface area contributed by atoms with E-state index in [1.165, 1.54) is 6.07 Å². The summed E-state index contributed by atoms with van der Waals surface area (Å²) in [6, 6.07) is 6.54. The van der Waals surface area contributed by atoms with Crippen LogP contribution in [0.15, 0.2) is 24.3 Å². The van der Waals surface area contributed by atoms with Gasteiger partial charge >= 0.3 is 6.03 Å². The van der Waals surface area contributed by atoms with Gasteiger partial charge in [0.2, 0.25) is 5.91 Å². The zero-order valence-electron chi connectivity index (χ0n) is 13.7. The molecule has 0 atom stereocenters. The summed E-state index contributed by atoms with van der Waals surface area (Å²) < 4.78 is 13.6. The van der Waals surface area contributed by atoms with Crippen molar-refractivity contribution >= 4 is 11.9 Å². The maximum atomic E-state index is 13.6. The topological polar surface area (TPSA) is 52.7 Å². The predicted molar refractivity (Wildman–Crippen MR) is 86.5 cm³/mol. The van der Waals surface area contributed by atoms with Crippen LogP contribution in [-0.2, 0) is 11.2 Å². The normalized spacial score (nSPS) is 15.0. The summed E-state index contributed by atoms with van der Waals surface area (Å²) in [5, 5.41) is 2.85. The number of urea groups is 1. The summed E-state index contributed by atoms with van der Waals surface area (Å²) in [7, 11) is 0. The molecule has 0 bridgehead atoms. The highest BCUT2D eigenvalue weighted by Gasteiger charge is 2.24. The molecule has 0 aromatic heterocycles. The Hall–Kier alpha value is -2.11. The minimum atomic E-state index is -0.268. The van der Waals surface area contributed by atoms with E-state index in [2.05, 4.69) is 5.32 Å². The molecular weight excluding hydrogens is 297 g/mol. The third kappa shape index (κ3) is 4.94. The number of nitrogens with one attached hydrogen (secondary N) is 1. The molecule has 1 N–H and O–H groups in total. The summed E-state index contributed by atoms with van der Waals surface area (Å²) in [6.07, 6.45) is 0.693. The SMILES string of the molecule is CC(C)NC(=O)N1CCN(C(=O)CCc2ccccc2F)CC1. The maximum absolute atomic E-state index is 13.6. The highest BCUT2D eigenvalue weighted by molar-refractivity contribution is 5.78. The number of nitrogens with zero attached hydrogens (tertiary/aromatic N) is 2. The molecule has 1 aromatic carbocycles. The van der Waals surface area contributed by atoms with Gasteiger partial charge in [0, 0.05) is 38.6 Å². The van der Waals surface area contributed by atoms with Crippen LogP contribution in [-0.4, -0.2) is 54.0 Å². The van der Waals surface area contributed by atoms with Crippen molar-refractivity contribution in [3.8, 4) is 0 Å². The van der Waals surface area contributed by atoms with E-state index in [1.54, 1.807) is 28.0 Å². The summed E-state index contributed by atoms with van der Waals surface area (Å²) >= 11 is 0. The fraction of sp³-hybridized carbons (Fsp3) is 0.529. The number of carbonyl (C=O) groups excluding carboxylic acids is 2. The number of hydrogen-bond acceptors (Lipinski definition) is 2. The largest absolute Gasteiger partial charge is 0.339 e. The number of hydrogen-bond donors (Lipinski definition) is 1. The first-order valence-electron chi connectivity index (χ1n) is 8.04. The van der Waals surface area contributed by atoms with Crippen LogP contribution in [0.2, 0.25) is 0 Å². The molecule has 0 radical (unpaired) electrons. The van der Waals surface area contributed by atoms with Crippen molar-refractivity contribution in [1.82, 2.24) is 15.1 Å².